The summed E-state index contributed by atoms with van der Waals surface area (Å²) in [6.45, 7) is 0. The third-order valence-corrected chi connectivity index (χ3v) is 3.83. The minimum atomic E-state index is -0.638. The molecule has 0 radical (unpaired) electrons. The second kappa shape index (κ2) is 6.28. The Kier molecular flexibility index (Phi) is 4.18. The van der Waals surface area contributed by atoms with Crippen LogP contribution < -0.4 is 10.2 Å². The lowest BCUT2D eigenvalue weighted by Gasteiger charge is -2.17. The van der Waals surface area contributed by atoms with E-state index in [1.54, 1.807) is 18.2 Å². The first-order valence-electron chi connectivity index (χ1n) is 6.42. The van der Waals surface area contributed by atoms with Crippen molar-refractivity contribution < 1.29 is 14.0 Å². The van der Waals surface area contributed by atoms with Gasteiger partial charge in [0.15, 0.2) is 12.0 Å². The van der Waals surface area contributed by atoms with E-state index in [4.69, 9.17) is 27.6 Å². The minimum Gasteiger partial charge on any atom is -0.443 e. The molecule has 0 fully saturated rings. The van der Waals surface area contributed by atoms with E-state index in [-0.39, 0.29) is 5.02 Å². The average Bonchev–Trinajstić information content (AvgIpc) is 2.99. The zero-order chi connectivity index (χ0) is 16.4. The molecule has 0 aliphatic heterocycles. The van der Waals surface area contributed by atoms with Gasteiger partial charge in [-0.1, -0.05) is 23.2 Å². The van der Waals surface area contributed by atoms with E-state index < -0.39 is 6.03 Å². The van der Waals surface area contributed by atoms with Crippen molar-refractivity contribution in [1.82, 2.24) is 4.98 Å². The Bertz CT molecular complexity index is 895. The molecule has 1 heterocycles. The lowest BCUT2D eigenvalue weighted by molar-refractivity contribution is -0.106. The Morgan fingerprint density at radius 1 is 1.17 bits per heavy atom. The molecule has 23 heavy (non-hydrogen) atoms. The van der Waals surface area contributed by atoms with Crippen LogP contribution in [0.25, 0.3) is 11.1 Å². The first kappa shape index (κ1) is 15.3. The summed E-state index contributed by atoms with van der Waals surface area (Å²) < 4.78 is 5.12. The molecular weight excluding hydrogens is 341 g/mol. The number of aromatic nitrogens is 1. The molecule has 0 unspecified atom stereocenters. The summed E-state index contributed by atoms with van der Waals surface area (Å²) in [5, 5.41) is 3.18. The highest BCUT2D eigenvalue weighted by atomic mass is 35.5. The molecule has 2 aromatic carbocycles. The number of nitrogens with one attached hydrogen (secondary N) is 1. The topological polar surface area (TPSA) is 75.4 Å². The highest BCUT2D eigenvalue weighted by Crippen LogP contribution is 2.27. The summed E-state index contributed by atoms with van der Waals surface area (Å²) in [5.41, 5.74) is 1.97. The second-order valence-corrected chi connectivity index (χ2v) is 5.35. The molecule has 0 bridgehead atoms. The predicted octanol–water partition coefficient (Wildman–Crippen LogP) is 4.33. The van der Waals surface area contributed by atoms with Crippen LogP contribution in [0.2, 0.25) is 10.0 Å². The van der Waals surface area contributed by atoms with Crippen LogP contribution in [0.15, 0.2) is 47.2 Å². The number of anilines is 2. The van der Waals surface area contributed by atoms with Crippen molar-refractivity contribution >= 4 is 58.1 Å². The fourth-order valence-corrected chi connectivity index (χ4v) is 2.27. The van der Waals surface area contributed by atoms with Gasteiger partial charge in [-0.05, 0) is 36.4 Å². The Morgan fingerprint density at radius 3 is 2.74 bits per heavy atom. The van der Waals surface area contributed by atoms with Crippen molar-refractivity contribution in [2.24, 2.45) is 0 Å². The van der Waals surface area contributed by atoms with Crippen molar-refractivity contribution in [2.75, 3.05) is 10.2 Å². The van der Waals surface area contributed by atoms with Crippen LogP contribution in [0, 0.1) is 0 Å². The largest absolute Gasteiger partial charge is 0.443 e. The van der Waals surface area contributed by atoms with Gasteiger partial charge < -0.3 is 9.73 Å². The number of amides is 3. The Hall–Kier alpha value is -2.57. The third kappa shape index (κ3) is 3.13. The molecule has 0 saturated carbocycles. The number of rotatable bonds is 3. The number of hydrogen-bond donors (Lipinski definition) is 1. The summed E-state index contributed by atoms with van der Waals surface area (Å²) in [6.07, 6.45) is 1.70. The maximum atomic E-state index is 12.3. The predicted molar refractivity (Wildman–Crippen MR) is 88.0 cm³/mol. The van der Waals surface area contributed by atoms with Gasteiger partial charge in [-0.25, -0.2) is 14.7 Å². The highest BCUT2D eigenvalue weighted by molar-refractivity contribution is 6.42. The number of carbonyl (C=O) groups excluding carboxylic acids is 2. The number of benzene rings is 2. The molecule has 0 spiro atoms. The number of fused-ring (bicyclic) bond motifs is 1. The maximum absolute atomic E-state index is 12.3. The molecule has 8 heteroatoms. The number of urea groups is 1. The summed E-state index contributed by atoms with van der Waals surface area (Å²) >= 11 is 11.7. The SMILES string of the molecule is O=CN(C(=O)Nc1ccc2ocnc2c1)c1ccc(Cl)c(Cl)c1. The lowest BCUT2D eigenvalue weighted by Crippen LogP contribution is -2.33. The van der Waals surface area contributed by atoms with E-state index in [9.17, 15) is 9.59 Å². The first-order chi connectivity index (χ1) is 11.1. The second-order valence-electron chi connectivity index (χ2n) is 4.54. The molecule has 3 rings (SSSR count). The Morgan fingerprint density at radius 2 is 2.00 bits per heavy atom. The molecule has 0 saturated heterocycles. The van der Waals surface area contributed by atoms with E-state index in [0.717, 1.165) is 4.90 Å². The van der Waals surface area contributed by atoms with Gasteiger partial charge in [-0.2, -0.15) is 0 Å². The number of imide groups is 1. The number of halogens is 2. The van der Waals surface area contributed by atoms with Gasteiger partial charge in [0.2, 0.25) is 6.41 Å². The summed E-state index contributed by atoms with van der Waals surface area (Å²) in [7, 11) is 0. The van der Waals surface area contributed by atoms with Crippen molar-refractivity contribution in [1.29, 1.82) is 0 Å². The van der Waals surface area contributed by atoms with Gasteiger partial charge in [0.1, 0.15) is 5.52 Å². The molecule has 3 aromatic rings. The molecule has 0 atom stereocenters. The monoisotopic (exact) mass is 349 g/mol. The zero-order valence-corrected chi connectivity index (χ0v) is 13.0. The van der Waals surface area contributed by atoms with Gasteiger partial charge in [0.05, 0.1) is 15.7 Å². The number of carbonyl (C=O) groups is 2. The van der Waals surface area contributed by atoms with E-state index in [2.05, 4.69) is 10.3 Å². The Balaban J connectivity index is 1.84. The average molecular weight is 350 g/mol. The van der Waals surface area contributed by atoms with Crippen LogP contribution in [0.3, 0.4) is 0 Å². The summed E-state index contributed by atoms with van der Waals surface area (Å²) in [6, 6.07) is 8.76. The van der Waals surface area contributed by atoms with Gasteiger partial charge in [0.25, 0.3) is 0 Å². The third-order valence-electron chi connectivity index (χ3n) is 3.09. The number of oxazole rings is 1. The van der Waals surface area contributed by atoms with E-state index in [1.807, 2.05) is 0 Å². The molecule has 1 N–H and O–H groups in total. The fraction of sp³-hybridized carbons (Fsp3) is 0. The standard InChI is InChI=1S/C15H9Cl2N3O3/c16-11-3-2-10(6-12(11)17)20(8-21)15(22)19-9-1-4-14-13(5-9)18-7-23-14/h1-8H,(H,19,22). The maximum Gasteiger partial charge on any atom is 0.332 e. The summed E-state index contributed by atoms with van der Waals surface area (Å²) in [4.78, 5) is 28.4. The molecule has 116 valence electrons. The van der Waals surface area contributed by atoms with Gasteiger partial charge in [-0.15, -0.1) is 0 Å². The molecule has 0 aliphatic rings. The van der Waals surface area contributed by atoms with E-state index >= 15 is 0 Å². The molecule has 1 aromatic heterocycles. The van der Waals surface area contributed by atoms with Crippen LogP contribution in [0.1, 0.15) is 0 Å². The molecule has 3 amide bonds. The fourth-order valence-electron chi connectivity index (χ4n) is 1.98. The highest BCUT2D eigenvalue weighted by Gasteiger charge is 2.16. The van der Waals surface area contributed by atoms with E-state index in [0.29, 0.717) is 33.9 Å². The number of hydrogen-bond acceptors (Lipinski definition) is 4. The summed E-state index contributed by atoms with van der Waals surface area (Å²) in [5.74, 6) is 0. The van der Waals surface area contributed by atoms with Gasteiger partial charge in [-0.3, -0.25) is 4.79 Å². The van der Waals surface area contributed by atoms with Crippen LogP contribution in [0.5, 0.6) is 0 Å². The van der Waals surface area contributed by atoms with Crippen molar-refractivity contribution in [3.05, 3.63) is 52.8 Å². The van der Waals surface area contributed by atoms with Gasteiger partial charge in [0, 0.05) is 5.69 Å². The smallest absolute Gasteiger partial charge is 0.332 e. The quantitative estimate of drug-likeness (QED) is 0.714. The van der Waals surface area contributed by atoms with Crippen LogP contribution in [0.4, 0.5) is 16.2 Å². The molecule has 6 nitrogen and oxygen atoms in total. The van der Waals surface area contributed by atoms with Crippen molar-refractivity contribution in [3.8, 4) is 0 Å². The van der Waals surface area contributed by atoms with Crippen LogP contribution >= 0.6 is 23.2 Å². The zero-order valence-electron chi connectivity index (χ0n) is 11.5. The molecular formula is C15H9Cl2N3O3. The lowest BCUT2D eigenvalue weighted by atomic mass is 10.3. The first-order valence-corrected chi connectivity index (χ1v) is 7.18. The normalized spacial score (nSPS) is 10.5. The number of nitrogens with zero attached hydrogens (tertiary/aromatic N) is 2. The minimum absolute atomic E-state index is 0.243. The van der Waals surface area contributed by atoms with E-state index in [1.165, 1.54) is 24.6 Å². The van der Waals surface area contributed by atoms with Crippen molar-refractivity contribution in [2.45, 2.75) is 0 Å². The van der Waals surface area contributed by atoms with Crippen molar-refractivity contribution in [3.63, 3.8) is 0 Å². The van der Waals surface area contributed by atoms with Gasteiger partial charge >= 0.3 is 6.03 Å². The van der Waals surface area contributed by atoms with Crippen LogP contribution in [-0.4, -0.2) is 17.4 Å². The molecule has 0 aliphatic carbocycles. The Labute approximate surface area is 140 Å². The van der Waals surface area contributed by atoms with Crippen LogP contribution in [-0.2, 0) is 4.79 Å².